The number of hydrogen-bond donors (Lipinski definition) is 1. The van der Waals surface area contributed by atoms with Crippen LogP contribution in [0.5, 0.6) is 0 Å². The van der Waals surface area contributed by atoms with Crippen LogP contribution >= 0.6 is 0 Å². The van der Waals surface area contributed by atoms with Gasteiger partial charge in [0.1, 0.15) is 0 Å². The van der Waals surface area contributed by atoms with Crippen molar-refractivity contribution >= 4 is 0 Å². The molecule has 0 heterocycles. The normalized spacial score (nSPS) is 29.1. The summed E-state index contributed by atoms with van der Waals surface area (Å²) in [6.07, 6.45) is 9.67. The van der Waals surface area contributed by atoms with Crippen molar-refractivity contribution in [3.05, 3.63) is 12.7 Å². The van der Waals surface area contributed by atoms with Gasteiger partial charge in [-0.3, -0.25) is 0 Å². The van der Waals surface area contributed by atoms with Crippen LogP contribution in [0, 0.1) is 17.8 Å². The molecule has 0 amide bonds. The van der Waals surface area contributed by atoms with Crippen molar-refractivity contribution in [2.75, 3.05) is 0 Å². The van der Waals surface area contributed by atoms with E-state index in [9.17, 15) is 0 Å². The Kier molecular flexibility index (Phi) is 5.38. The van der Waals surface area contributed by atoms with Crippen LogP contribution in [-0.4, -0.2) is 6.04 Å². The van der Waals surface area contributed by atoms with Gasteiger partial charge in [-0.1, -0.05) is 19.9 Å². The van der Waals surface area contributed by atoms with Gasteiger partial charge in [-0.15, -0.1) is 6.58 Å². The van der Waals surface area contributed by atoms with Crippen molar-refractivity contribution in [3.8, 4) is 0 Å². The van der Waals surface area contributed by atoms with Crippen molar-refractivity contribution in [1.29, 1.82) is 0 Å². The van der Waals surface area contributed by atoms with E-state index in [1.165, 1.54) is 25.7 Å². The minimum atomic E-state index is 0.413. The predicted molar refractivity (Wildman–Crippen MR) is 67.7 cm³/mol. The summed E-state index contributed by atoms with van der Waals surface area (Å²) in [6.45, 7) is 8.46. The Bertz CT molecular complexity index is 178. The molecule has 1 nitrogen and oxygen atoms in total. The summed E-state index contributed by atoms with van der Waals surface area (Å²) in [5.41, 5.74) is 6.21. The van der Waals surface area contributed by atoms with Gasteiger partial charge in [0.25, 0.3) is 0 Å². The molecular formula is C14H27N. The van der Waals surface area contributed by atoms with Crippen LogP contribution in [-0.2, 0) is 0 Å². The SMILES string of the molecule is C=CCCC(N)C1CCC(C(C)C)CC1. The topological polar surface area (TPSA) is 26.0 Å². The lowest BCUT2D eigenvalue weighted by molar-refractivity contribution is 0.200. The van der Waals surface area contributed by atoms with E-state index in [4.69, 9.17) is 5.73 Å². The lowest BCUT2D eigenvalue weighted by Gasteiger charge is -2.33. The zero-order chi connectivity index (χ0) is 11.3. The summed E-state index contributed by atoms with van der Waals surface area (Å²) < 4.78 is 0. The van der Waals surface area contributed by atoms with E-state index >= 15 is 0 Å². The summed E-state index contributed by atoms with van der Waals surface area (Å²) in [5, 5.41) is 0. The molecule has 1 aliphatic carbocycles. The van der Waals surface area contributed by atoms with Crippen molar-refractivity contribution < 1.29 is 0 Å². The van der Waals surface area contributed by atoms with Gasteiger partial charge in [-0.05, 0) is 56.3 Å². The quantitative estimate of drug-likeness (QED) is 0.686. The second-order valence-electron chi connectivity index (χ2n) is 5.45. The highest BCUT2D eigenvalue weighted by Crippen LogP contribution is 2.35. The highest BCUT2D eigenvalue weighted by Gasteiger charge is 2.26. The third kappa shape index (κ3) is 3.98. The van der Waals surface area contributed by atoms with Crippen LogP contribution in [0.15, 0.2) is 12.7 Å². The van der Waals surface area contributed by atoms with E-state index in [-0.39, 0.29) is 0 Å². The van der Waals surface area contributed by atoms with Crippen LogP contribution in [0.25, 0.3) is 0 Å². The third-order valence-electron chi connectivity index (χ3n) is 4.07. The number of rotatable bonds is 5. The Morgan fingerprint density at radius 2 is 1.73 bits per heavy atom. The molecule has 0 aromatic carbocycles. The lowest BCUT2D eigenvalue weighted by atomic mass is 9.74. The highest BCUT2D eigenvalue weighted by molar-refractivity contribution is 4.82. The lowest BCUT2D eigenvalue weighted by Crippen LogP contribution is -2.33. The molecule has 0 aliphatic heterocycles. The van der Waals surface area contributed by atoms with Gasteiger partial charge >= 0.3 is 0 Å². The van der Waals surface area contributed by atoms with Crippen molar-refractivity contribution in [1.82, 2.24) is 0 Å². The summed E-state index contributed by atoms with van der Waals surface area (Å²) in [6, 6.07) is 0.413. The monoisotopic (exact) mass is 209 g/mol. The van der Waals surface area contributed by atoms with E-state index in [0.717, 1.165) is 30.6 Å². The van der Waals surface area contributed by atoms with E-state index < -0.39 is 0 Å². The molecule has 2 N–H and O–H groups in total. The maximum absolute atomic E-state index is 6.21. The number of hydrogen-bond acceptors (Lipinski definition) is 1. The predicted octanol–water partition coefficient (Wildman–Crippen LogP) is 3.74. The standard InChI is InChI=1S/C14H27N/c1-4-5-6-14(15)13-9-7-12(8-10-13)11(2)3/h4,11-14H,1,5-10,15H2,2-3H3. The van der Waals surface area contributed by atoms with Gasteiger partial charge in [0, 0.05) is 6.04 Å². The summed E-state index contributed by atoms with van der Waals surface area (Å²) >= 11 is 0. The van der Waals surface area contributed by atoms with Gasteiger partial charge in [0.05, 0.1) is 0 Å². The third-order valence-corrected chi connectivity index (χ3v) is 4.07. The number of allylic oxidation sites excluding steroid dienone is 1. The molecule has 0 bridgehead atoms. The molecule has 1 saturated carbocycles. The Morgan fingerprint density at radius 1 is 1.20 bits per heavy atom. The molecule has 0 aromatic rings. The molecule has 0 saturated heterocycles. The van der Waals surface area contributed by atoms with Gasteiger partial charge in [0.2, 0.25) is 0 Å². The Balaban J connectivity index is 2.27. The van der Waals surface area contributed by atoms with Gasteiger partial charge in [-0.25, -0.2) is 0 Å². The fourth-order valence-corrected chi connectivity index (χ4v) is 2.79. The first-order chi connectivity index (χ1) is 7.15. The molecule has 1 atom stereocenters. The molecule has 1 aliphatic rings. The Labute approximate surface area is 95.1 Å². The minimum Gasteiger partial charge on any atom is -0.327 e. The summed E-state index contributed by atoms with van der Waals surface area (Å²) in [7, 11) is 0. The minimum absolute atomic E-state index is 0.413. The van der Waals surface area contributed by atoms with Crippen LogP contribution < -0.4 is 5.73 Å². The summed E-state index contributed by atoms with van der Waals surface area (Å²) in [5.74, 6) is 2.59. The molecule has 1 rings (SSSR count). The van der Waals surface area contributed by atoms with Crippen LogP contribution in [0.3, 0.4) is 0 Å². The average Bonchev–Trinajstić information content (AvgIpc) is 2.26. The summed E-state index contributed by atoms with van der Waals surface area (Å²) in [4.78, 5) is 0. The van der Waals surface area contributed by atoms with Crippen LogP contribution in [0.2, 0.25) is 0 Å². The fraction of sp³-hybridized carbons (Fsp3) is 0.857. The fourth-order valence-electron chi connectivity index (χ4n) is 2.79. The second kappa shape index (κ2) is 6.32. The Morgan fingerprint density at radius 3 is 2.20 bits per heavy atom. The van der Waals surface area contributed by atoms with Crippen molar-refractivity contribution in [3.63, 3.8) is 0 Å². The van der Waals surface area contributed by atoms with Crippen LogP contribution in [0.1, 0.15) is 52.4 Å². The maximum atomic E-state index is 6.21. The van der Waals surface area contributed by atoms with E-state index in [0.29, 0.717) is 6.04 Å². The zero-order valence-corrected chi connectivity index (χ0v) is 10.4. The van der Waals surface area contributed by atoms with Gasteiger partial charge in [0.15, 0.2) is 0 Å². The first-order valence-electron chi connectivity index (χ1n) is 6.51. The second-order valence-corrected chi connectivity index (χ2v) is 5.45. The van der Waals surface area contributed by atoms with Crippen LogP contribution in [0.4, 0.5) is 0 Å². The largest absolute Gasteiger partial charge is 0.327 e. The smallest absolute Gasteiger partial charge is 0.00701 e. The molecule has 15 heavy (non-hydrogen) atoms. The molecule has 0 spiro atoms. The maximum Gasteiger partial charge on any atom is 0.00701 e. The first-order valence-corrected chi connectivity index (χ1v) is 6.51. The van der Waals surface area contributed by atoms with Gasteiger partial charge in [-0.2, -0.15) is 0 Å². The molecule has 1 heteroatoms. The van der Waals surface area contributed by atoms with E-state index in [1.807, 2.05) is 6.08 Å². The van der Waals surface area contributed by atoms with Crippen molar-refractivity contribution in [2.24, 2.45) is 23.5 Å². The molecule has 0 aromatic heterocycles. The number of nitrogens with two attached hydrogens (primary N) is 1. The van der Waals surface area contributed by atoms with Gasteiger partial charge < -0.3 is 5.73 Å². The van der Waals surface area contributed by atoms with E-state index in [1.54, 1.807) is 0 Å². The Hall–Kier alpha value is -0.300. The highest BCUT2D eigenvalue weighted by atomic mass is 14.6. The molecule has 0 radical (unpaired) electrons. The average molecular weight is 209 g/mol. The van der Waals surface area contributed by atoms with E-state index in [2.05, 4.69) is 20.4 Å². The van der Waals surface area contributed by atoms with Crippen molar-refractivity contribution in [2.45, 2.75) is 58.4 Å². The molecule has 1 unspecified atom stereocenters. The molecule has 1 fully saturated rings. The first kappa shape index (κ1) is 12.8. The molecule has 88 valence electrons. The zero-order valence-electron chi connectivity index (χ0n) is 10.4. The molecular weight excluding hydrogens is 182 g/mol.